The normalized spacial score (nSPS) is 12.7. The second kappa shape index (κ2) is 5.18. The van der Waals surface area contributed by atoms with Gasteiger partial charge in [-0.1, -0.05) is 23.8 Å². The van der Waals surface area contributed by atoms with E-state index in [0.29, 0.717) is 11.1 Å². The standard InChI is InChI=1S/C16H16FN3O/c1-9-3-5-12(17)11(7-9)15(18-2)10-4-6-13-14(8-10)20-16(21)19-13/h3-8,15,18H,1-2H3,(H2,19,20,21). The molecule has 1 aromatic heterocycles. The molecule has 3 rings (SSSR count). The van der Waals surface area contributed by atoms with Crippen LogP contribution in [0.1, 0.15) is 22.7 Å². The van der Waals surface area contributed by atoms with E-state index in [-0.39, 0.29) is 17.5 Å². The third kappa shape index (κ3) is 2.48. The number of halogens is 1. The summed E-state index contributed by atoms with van der Waals surface area (Å²) in [6.45, 7) is 1.93. The minimum absolute atomic E-state index is 0.245. The predicted molar refractivity (Wildman–Crippen MR) is 81.0 cm³/mol. The SMILES string of the molecule is CNC(c1ccc2[nH]c(=O)[nH]c2c1)c1cc(C)ccc1F. The van der Waals surface area contributed by atoms with Crippen molar-refractivity contribution < 1.29 is 4.39 Å². The van der Waals surface area contributed by atoms with Crippen LogP contribution in [0, 0.1) is 12.7 Å². The highest BCUT2D eigenvalue weighted by molar-refractivity contribution is 5.75. The summed E-state index contributed by atoms with van der Waals surface area (Å²) in [7, 11) is 1.79. The molecule has 0 aliphatic heterocycles. The molecule has 0 aliphatic carbocycles. The van der Waals surface area contributed by atoms with Crippen LogP contribution in [0.2, 0.25) is 0 Å². The number of aromatic nitrogens is 2. The number of aromatic amines is 2. The van der Waals surface area contributed by atoms with Crippen LogP contribution >= 0.6 is 0 Å². The first-order chi connectivity index (χ1) is 10.1. The molecule has 0 fully saturated rings. The summed E-state index contributed by atoms with van der Waals surface area (Å²) in [5.74, 6) is -0.248. The van der Waals surface area contributed by atoms with Gasteiger partial charge in [-0.2, -0.15) is 0 Å². The molecule has 5 heteroatoms. The van der Waals surface area contributed by atoms with E-state index < -0.39 is 0 Å². The summed E-state index contributed by atoms with van der Waals surface area (Å²) in [4.78, 5) is 16.7. The van der Waals surface area contributed by atoms with Gasteiger partial charge in [0.25, 0.3) is 0 Å². The minimum Gasteiger partial charge on any atom is -0.309 e. The highest BCUT2D eigenvalue weighted by atomic mass is 19.1. The Morgan fingerprint density at radius 2 is 1.86 bits per heavy atom. The van der Waals surface area contributed by atoms with E-state index in [9.17, 15) is 9.18 Å². The fourth-order valence-electron chi connectivity index (χ4n) is 2.62. The molecular weight excluding hydrogens is 269 g/mol. The van der Waals surface area contributed by atoms with Gasteiger partial charge in [-0.25, -0.2) is 9.18 Å². The third-order valence-electron chi connectivity index (χ3n) is 3.62. The molecule has 108 valence electrons. The van der Waals surface area contributed by atoms with Gasteiger partial charge < -0.3 is 15.3 Å². The first-order valence-electron chi connectivity index (χ1n) is 6.74. The van der Waals surface area contributed by atoms with Crippen molar-refractivity contribution in [2.45, 2.75) is 13.0 Å². The second-order valence-corrected chi connectivity index (χ2v) is 5.13. The molecule has 4 nitrogen and oxygen atoms in total. The average Bonchev–Trinajstić information content (AvgIpc) is 2.83. The van der Waals surface area contributed by atoms with Crippen LogP contribution in [-0.4, -0.2) is 17.0 Å². The number of hydrogen-bond donors (Lipinski definition) is 3. The minimum atomic E-state index is -0.271. The molecule has 3 N–H and O–H groups in total. The molecule has 21 heavy (non-hydrogen) atoms. The summed E-state index contributed by atoms with van der Waals surface area (Å²) in [6, 6.07) is 10.4. The van der Waals surface area contributed by atoms with E-state index >= 15 is 0 Å². The summed E-state index contributed by atoms with van der Waals surface area (Å²) >= 11 is 0. The monoisotopic (exact) mass is 285 g/mol. The topological polar surface area (TPSA) is 60.7 Å². The molecule has 1 heterocycles. The van der Waals surface area contributed by atoms with Gasteiger partial charge in [0, 0.05) is 5.56 Å². The van der Waals surface area contributed by atoms with E-state index in [0.717, 1.165) is 16.6 Å². The average molecular weight is 285 g/mol. The van der Waals surface area contributed by atoms with E-state index in [1.54, 1.807) is 13.1 Å². The Kier molecular flexibility index (Phi) is 3.35. The van der Waals surface area contributed by atoms with Crippen LogP contribution in [0.3, 0.4) is 0 Å². The van der Waals surface area contributed by atoms with Gasteiger partial charge in [0.1, 0.15) is 5.82 Å². The number of fused-ring (bicyclic) bond motifs is 1. The smallest absolute Gasteiger partial charge is 0.309 e. The van der Waals surface area contributed by atoms with Gasteiger partial charge in [0.05, 0.1) is 17.1 Å². The molecule has 3 aromatic rings. The quantitative estimate of drug-likeness (QED) is 0.692. The molecule has 0 spiro atoms. The summed E-state index contributed by atoms with van der Waals surface area (Å²) < 4.78 is 14.1. The van der Waals surface area contributed by atoms with Gasteiger partial charge >= 0.3 is 5.69 Å². The van der Waals surface area contributed by atoms with Crippen LogP contribution in [0.25, 0.3) is 11.0 Å². The van der Waals surface area contributed by atoms with Gasteiger partial charge in [-0.05, 0) is 37.7 Å². The number of nitrogens with one attached hydrogen (secondary N) is 3. The molecule has 0 aliphatic rings. The van der Waals surface area contributed by atoms with Crippen molar-refractivity contribution in [2.75, 3.05) is 7.05 Å². The lowest BCUT2D eigenvalue weighted by Gasteiger charge is -2.18. The maximum atomic E-state index is 14.1. The lowest BCUT2D eigenvalue weighted by molar-refractivity contribution is 0.575. The van der Waals surface area contributed by atoms with Gasteiger partial charge in [-0.15, -0.1) is 0 Å². The van der Waals surface area contributed by atoms with Crippen molar-refractivity contribution in [3.05, 3.63) is 69.4 Å². The largest absolute Gasteiger partial charge is 0.323 e. The molecule has 0 amide bonds. The Morgan fingerprint density at radius 3 is 2.62 bits per heavy atom. The zero-order valence-electron chi connectivity index (χ0n) is 11.8. The Balaban J connectivity index is 2.12. The lowest BCUT2D eigenvalue weighted by atomic mass is 9.96. The van der Waals surface area contributed by atoms with Gasteiger partial charge in [0.15, 0.2) is 0 Å². The lowest BCUT2D eigenvalue weighted by Crippen LogP contribution is -2.19. The van der Waals surface area contributed by atoms with E-state index in [1.165, 1.54) is 6.07 Å². The van der Waals surface area contributed by atoms with Crippen LogP contribution in [0.15, 0.2) is 41.2 Å². The maximum Gasteiger partial charge on any atom is 0.323 e. The highest BCUT2D eigenvalue weighted by Crippen LogP contribution is 2.26. The molecule has 0 bridgehead atoms. The first-order valence-corrected chi connectivity index (χ1v) is 6.74. The van der Waals surface area contributed by atoms with Crippen molar-refractivity contribution in [3.8, 4) is 0 Å². The van der Waals surface area contributed by atoms with Crippen LogP contribution in [-0.2, 0) is 0 Å². The molecule has 0 radical (unpaired) electrons. The Morgan fingerprint density at radius 1 is 1.10 bits per heavy atom. The number of rotatable bonds is 3. The molecule has 1 unspecified atom stereocenters. The summed E-state index contributed by atoms with van der Waals surface area (Å²) in [6.07, 6.45) is 0. The highest BCUT2D eigenvalue weighted by Gasteiger charge is 2.17. The van der Waals surface area contributed by atoms with Crippen LogP contribution in [0.4, 0.5) is 4.39 Å². The number of benzene rings is 2. The van der Waals surface area contributed by atoms with Crippen LogP contribution in [0.5, 0.6) is 0 Å². The van der Waals surface area contributed by atoms with E-state index in [4.69, 9.17) is 0 Å². The van der Waals surface area contributed by atoms with Crippen LogP contribution < -0.4 is 11.0 Å². The Hall–Kier alpha value is -2.40. The second-order valence-electron chi connectivity index (χ2n) is 5.13. The number of H-pyrrole nitrogens is 2. The molecule has 0 saturated heterocycles. The van der Waals surface area contributed by atoms with Crippen molar-refractivity contribution in [3.63, 3.8) is 0 Å². The zero-order valence-corrected chi connectivity index (χ0v) is 11.8. The van der Waals surface area contributed by atoms with E-state index in [1.807, 2.05) is 31.2 Å². The predicted octanol–water partition coefficient (Wildman–Crippen LogP) is 2.61. The van der Waals surface area contributed by atoms with Crippen molar-refractivity contribution in [1.29, 1.82) is 0 Å². The van der Waals surface area contributed by atoms with E-state index in [2.05, 4.69) is 15.3 Å². The molecule has 0 saturated carbocycles. The number of imidazole rings is 1. The number of hydrogen-bond acceptors (Lipinski definition) is 2. The summed E-state index contributed by atoms with van der Waals surface area (Å²) in [5.41, 5.74) is 3.70. The van der Waals surface area contributed by atoms with Gasteiger partial charge in [-0.3, -0.25) is 0 Å². The van der Waals surface area contributed by atoms with Crippen molar-refractivity contribution in [1.82, 2.24) is 15.3 Å². The van der Waals surface area contributed by atoms with Crippen molar-refractivity contribution >= 4 is 11.0 Å². The fraction of sp³-hybridized carbons (Fsp3) is 0.188. The Labute approximate surface area is 121 Å². The first kappa shape index (κ1) is 13.6. The Bertz CT molecular complexity index is 850. The zero-order chi connectivity index (χ0) is 15.0. The number of aryl methyl sites for hydroxylation is 1. The van der Waals surface area contributed by atoms with Gasteiger partial charge in [0.2, 0.25) is 0 Å². The van der Waals surface area contributed by atoms with Crippen molar-refractivity contribution in [2.24, 2.45) is 0 Å². The molecule has 2 aromatic carbocycles. The maximum absolute atomic E-state index is 14.1. The molecule has 1 atom stereocenters. The fourth-order valence-corrected chi connectivity index (χ4v) is 2.62. The third-order valence-corrected chi connectivity index (χ3v) is 3.62. The molecular formula is C16H16FN3O. The summed E-state index contributed by atoms with van der Waals surface area (Å²) in [5, 5.41) is 3.13.